The highest BCUT2D eigenvalue weighted by molar-refractivity contribution is 6.02. The second-order valence-electron chi connectivity index (χ2n) is 7.39. The summed E-state index contributed by atoms with van der Waals surface area (Å²) in [6.45, 7) is 9.05. The van der Waals surface area contributed by atoms with Crippen LogP contribution in [-0.2, 0) is 9.47 Å². The van der Waals surface area contributed by atoms with Crippen molar-refractivity contribution in [2.45, 2.75) is 38.5 Å². The number of ketones is 1. The molecule has 1 heterocycles. The van der Waals surface area contributed by atoms with Gasteiger partial charge >= 0.3 is 12.2 Å². The van der Waals surface area contributed by atoms with Crippen molar-refractivity contribution >= 4 is 18.0 Å². The SMILES string of the molecule is C=CCOC(=O)N(NC(=O)OC(C)(C)C)[C@H](C(=O)c1ccccc1)C1C=CCN1. The average Bonchev–Trinajstić information content (AvgIpc) is 3.19. The van der Waals surface area contributed by atoms with Crippen LogP contribution in [0.25, 0.3) is 0 Å². The lowest BCUT2D eigenvalue weighted by Crippen LogP contribution is -2.61. The molecule has 1 aromatic rings. The zero-order chi connectivity index (χ0) is 21.4. The van der Waals surface area contributed by atoms with Crippen molar-refractivity contribution in [3.8, 4) is 0 Å². The Bertz CT molecular complexity index is 770. The monoisotopic (exact) mass is 401 g/mol. The molecule has 0 saturated heterocycles. The van der Waals surface area contributed by atoms with Gasteiger partial charge in [0.2, 0.25) is 0 Å². The first-order valence-electron chi connectivity index (χ1n) is 9.29. The van der Waals surface area contributed by atoms with Crippen LogP contribution in [0.5, 0.6) is 0 Å². The summed E-state index contributed by atoms with van der Waals surface area (Å²) in [4.78, 5) is 38.4. The van der Waals surface area contributed by atoms with Gasteiger partial charge in [-0.2, -0.15) is 0 Å². The van der Waals surface area contributed by atoms with Gasteiger partial charge < -0.3 is 14.8 Å². The number of ether oxygens (including phenoxy) is 2. The molecule has 2 rings (SSSR count). The smallest absolute Gasteiger partial charge is 0.429 e. The molecular formula is C21H27N3O5. The molecule has 1 unspecified atom stereocenters. The number of rotatable bonds is 6. The molecule has 0 radical (unpaired) electrons. The third kappa shape index (κ3) is 6.46. The van der Waals surface area contributed by atoms with E-state index >= 15 is 0 Å². The zero-order valence-corrected chi connectivity index (χ0v) is 16.9. The summed E-state index contributed by atoms with van der Waals surface area (Å²) in [6.07, 6.45) is 3.24. The molecule has 29 heavy (non-hydrogen) atoms. The van der Waals surface area contributed by atoms with Gasteiger partial charge in [0.05, 0.1) is 6.04 Å². The van der Waals surface area contributed by atoms with Gasteiger partial charge in [-0.05, 0) is 20.8 Å². The van der Waals surface area contributed by atoms with Crippen molar-refractivity contribution in [1.29, 1.82) is 0 Å². The van der Waals surface area contributed by atoms with E-state index in [4.69, 9.17) is 9.47 Å². The highest BCUT2D eigenvalue weighted by Gasteiger charge is 2.39. The van der Waals surface area contributed by atoms with Crippen LogP contribution < -0.4 is 10.7 Å². The number of carbonyl (C=O) groups excluding carboxylic acids is 3. The van der Waals surface area contributed by atoms with E-state index in [2.05, 4.69) is 17.3 Å². The number of benzene rings is 1. The van der Waals surface area contributed by atoms with E-state index in [-0.39, 0.29) is 12.4 Å². The van der Waals surface area contributed by atoms with E-state index in [1.807, 2.05) is 6.08 Å². The lowest BCUT2D eigenvalue weighted by atomic mass is 9.98. The molecule has 0 aromatic heterocycles. The van der Waals surface area contributed by atoms with E-state index in [0.29, 0.717) is 12.1 Å². The van der Waals surface area contributed by atoms with Crippen LogP contribution in [-0.4, -0.2) is 53.8 Å². The Morgan fingerprint density at radius 1 is 1.31 bits per heavy atom. The summed E-state index contributed by atoms with van der Waals surface area (Å²) in [6, 6.07) is 6.93. The molecule has 0 bridgehead atoms. The Balaban J connectivity index is 2.37. The minimum absolute atomic E-state index is 0.0779. The van der Waals surface area contributed by atoms with E-state index in [1.165, 1.54) is 6.08 Å². The standard InChI is InChI=1S/C21H27N3O5/c1-5-14-28-20(27)24(23-19(26)29-21(2,3)4)17(16-12-9-13-22-16)18(25)15-10-7-6-8-11-15/h5-12,16-17,22H,1,13-14H2,2-4H3,(H,23,26)/t16?,17-/m0/s1. The average molecular weight is 401 g/mol. The molecule has 156 valence electrons. The Hall–Kier alpha value is -3.13. The quantitative estimate of drug-likeness (QED) is 0.432. The van der Waals surface area contributed by atoms with Crippen LogP contribution in [0.1, 0.15) is 31.1 Å². The van der Waals surface area contributed by atoms with Gasteiger partial charge in [0.1, 0.15) is 18.2 Å². The summed E-state index contributed by atoms with van der Waals surface area (Å²) in [7, 11) is 0. The van der Waals surface area contributed by atoms with Crippen LogP contribution in [0.15, 0.2) is 55.1 Å². The van der Waals surface area contributed by atoms with Gasteiger partial charge in [-0.25, -0.2) is 20.0 Å². The molecule has 8 heteroatoms. The molecule has 2 atom stereocenters. The number of hydrogen-bond acceptors (Lipinski definition) is 6. The van der Waals surface area contributed by atoms with Crippen molar-refractivity contribution in [2.24, 2.45) is 0 Å². The largest absolute Gasteiger partial charge is 0.444 e. The first-order valence-corrected chi connectivity index (χ1v) is 9.29. The number of nitrogens with one attached hydrogen (secondary N) is 2. The maximum atomic E-state index is 13.3. The van der Waals surface area contributed by atoms with Gasteiger partial charge in [0.15, 0.2) is 5.78 Å². The minimum atomic E-state index is -1.08. The zero-order valence-electron chi connectivity index (χ0n) is 16.9. The maximum absolute atomic E-state index is 13.3. The summed E-state index contributed by atoms with van der Waals surface area (Å²) < 4.78 is 10.4. The molecule has 0 aliphatic carbocycles. The topological polar surface area (TPSA) is 97.0 Å². The molecule has 1 aromatic carbocycles. The fourth-order valence-electron chi connectivity index (χ4n) is 2.75. The van der Waals surface area contributed by atoms with Gasteiger partial charge in [0, 0.05) is 12.1 Å². The summed E-state index contributed by atoms with van der Waals surface area (Å²) in [5, 5.41) is 4.00. The number of hydrazine groups is 1. The van der Waals surface area contributed by atoms with Gasteiger partial charge in [-0.3, -0.25) is 4.79 Å². The van der Waals surface area contributed by atoms with Crippen molar-refractivity contribution in [1.82, 2.24) is 15.8 Å². The second kappa shape index (κ2) is 9.88. The first kappa shape index (κ1) is 22.2. The Morgan fingerprint density at radius 2 is 2.00 bits per heavy atom. The van der Waals surface area contributed by atoms with Crippen molar-refractivity contribution in [2.75, 3.05) is 13.2 Å². The molecule has 2 N–H and O–H groups in total. The Labute approximate surface area is 170 Å². The fourth-order valence-corrected chi connectivity index (χ4v) is 2.75. The van der Waals surface area contributed by atoms with E-state index in [1.54, 1.807) is 57.2 Å². The van der Waals surface area contributed by atoms with Crippen molar-refractivity contribution in [3.05, 3.63) is 60.7 Å². The van der Waals surface area contributed by atoms with Gasteiger partial charge in [-0.1, -0.05) is 55.1 Å². The van der Waals surface area contributed by atoms with Crippen LogP contribution in [0.2, 0.25) is 0 Å². The number of hydrogen-bond donors (Lipinski definition) is 2. The van der Waals surface area contributed by atoms with E-state index in [9.17, 15) is 14.4 Å². The molecule has 8 nitrogen and oxygen atoms in total. The number of nitrogens with zero attached hydrogens (tertiary/aromatic N) is 1. The van der Waals surface area contributed by atoms with E-state index < -0.39 is 29.9 Å². The molecule has 0 saturated carbocycles. The minimum Gasteiger partial charge on any atom is -0.444 e. The summed E-state index contributed by atoms with van der Waals surface area (Å²) >= 11 is 0. The summed E-state index contributed by atoms with van der Waals surface area (Å²) in [5.41, 5.74) is 1.99. The molecule has 2 amide bonds. The third-order valence-corrected chi connectivity index (χ3v) is 3.89. The lowest BCUT2D eigenvalue weighted by Gasteiger charge is -2.33. The van der Waals surface area contributed by atoms with Crippen LogP contribution in [0.4, 0.5) is 9.59 Å². The van der Waals surface area contributed by atoms with Crippen LogP contribution >= 0.6 is 0 Å². The predicted octanol–water partition coefficient (Wildman–Crippen LogP) is 2.83. The highest BCUT2D eigenvalue weighted by Crippen LogP contribution is 2.17. The van der Waals surface area contributed by atoms with Gasteiger partial charge in [0.25, 0.3) is 0 Å². The Morgan fingerprint density at radius 3 is 2.55 bits per heavy atom. The Kier molecular flexibility index (Phi) is 7.55. The third-order valence-electron chi connectivity index (χ3n) is 3.89. The second-order valence-corrected chi connectivity index (χ2v) is 7.39. The fraction of sp³-hybridized carbons (Fsp3) is 0.381. The van der Waals surface area contributed by atoms with Crippen molar-refractivity contribution in [3.63, 3.8) is 0 Å². The number of carbonyl (C=O) groups is 3. The number of Topliss-reactive ketones (excluding diaryl/α,β-unsaturated/α-hetero) is 1. The van der Waals surface area contributed by atoms with E-state index in [0.717, 1.165) is 5.01 Å². The van der Waals surface area contributed by atoms with Crippen LogP contribution in [0, 0.1) is 0 Å². The number of amides is 2. The van der Waals surface area contributed by atoms with Crippen molar-refractivity contribution < 1.29 is 23.9 Å². The highest BCUT2D eigenvalue weighted by atomic mass is 16.6. The first-order chi connectivity index (χ1) is 13.7. The predicted molar refractivity (Wildman–Crippen MR) is 108 cm³/mol. The lowest BCUT2D eigenvalue weighted by molar-refractivity contribution is 0.0188. The molecular weight excluding hydrogens is 374 g/mol. The normalized spacial score (nSPS) is 16.6. The molecule has 1 aliphatic heterocycles. The van der Waals surface area contributed by atoms with Crippen LogP contribution in [0.3, 0.4) is 0 Å². The molecule has 0 spiro atoms. The molecule has 0 fully saturated rings. The van der Waals surface area contributed by atoms with Gasteiger partial charge in [-0.15, -0.1) is 0 Å². The maximum Gasteiger partial charge on any atom is 0.429 e. The molecule has 1 aliphatic rings. The summed E-state index contributed by atoms with van der Waals surface area (Å²) in [5.74, 6) is -0.360.